The number of hydrogen-bond donors (Lipinski definition) is 0. The molecule has 0 spiro atoms. The predicted octanol–water partition coefficient (Wildman–Crippen LogP) is 2.13. The molecule has 13 heavy (non-hydrogen) atoms. The van der Waals surface area contributed by atoms with Crippen LogP contribution in [0.25, 0.3) is 0 Å². The Bertz CT molecular complexity index is 378. The lowest BCUT2D eigenvalue weighted by Crippen LogP contribution is -1.89. The summed E-state index contributed by atoms with van der Waals surface area (Å²) >= 11 is 1.66. The van der Waals surface area contributed by atoms with Crippen LogP contribution in [0.2, 0.25) is 0 Å². The average molecular weight is 184 g/mol. The summed E-state index contributed by atoms with van der Waals surface area (Å²) in [5.74, 6) is 0. The maximum absolute atomic E-state index is 5.65. The highest BCUT2D eigenvalue weighted by Gasteiger charge is 1.97. The molecular weight excluding hydrogens is 175 g/mol. The van der Waals surface area contributed by atoms with E-state index in [0.717, 1.165) is 11.2 Å². The first-order chi connectivity index (χ1) is 6.34. The Hall–Kier alpha value is -1.02. The van der Waals surface area contributed by atoms with Crippen LogP contribution in [0, 0.1) is 0 Å². The summed E-state index contributed by atoms with van der Waals surface area (Å²) in [7, 11) is 5.65. The van der Waals surface area contributed by atoms with Crippen LogP contribution in [0.4, 0.5) is 0 Å². The van der Waals surface area contributed by atoms with Gasteiger partial charge in [0.15, 0.2) is 0 Å². The molecule has 0 unspecified atom stereocenters. The van der Waals surface area contributed by atoms with Crippen molar-refractivity contribution in [3.63, 3.8) is 0 Å². The fraction of sp³-hybridized carbons (Fsp3) is 0.0909. The number of benzene rings is 1. The second-order valence-corrected chi connectivity index (χ2v) is 4.17. The average Bonchev–Trinajstić information content (AvgIpc) is 2.53. The summed E-state index contributed by atoms with van der Waals surface area (Å²) in [6, 6.07) is 14.5. The Morgan fingerprint density at radius 3 is 2.38 bits per heavy atom. The molecule has 0 aliphatic carbocycles. The lowest BCUT2D eigenvalue weighted by molar-refractivity contribution is 1.24. The smallest absolute Gasteiger partial charge is 0.128 e. The SMILES string of the molecule is [B]c1ccc(Cc2ccccc2)s1. The van der Waals surface area contributed by atoms with Gasteiger partial charge in [0.25, 0.3) is 0 Å². The van der Waals surface area contributed by atoms with E-state index in [-0.39, 0.29) is 0 Å². The van der Waals surface area contributed by atoms with E-state index in [1.165, 1.54) is 10.4 Å². The molecule has 2 rings (SSSR count). The molecule has 1 aromatic heterocycles. The molecule has 0 fully saturated rings. The second-order valence-electron chi connectivity index (χ2n) is 2.97. The summed E-state index contributed by atoms with van der Waals surface area (Å²) in [5, 5.41) is 0. The summed E-state index contributed by atoms with van der Waals surface area (Å²) in [6.07, 6.45) is 0.989. The van der Waals surface area contributed by atoms with Crippen molar-refractivity contribution < 1.29 is 0 Å². The van der Waals surface area contributed by atoms with Crippen LogP contribution >= 0.6 is 11.3 Å². The fourth-order valence-corrected chi connectivity index (χ4v) is 2.10. The summed E-state index contributed by atoms with van der Waals surface area (Å²) < 4.78 is 0.894. The minimum atomic E-state index is 0.894. The number of thiophene rings is 1. The molecule has 0 saturated carbocycles. The topological polar surface area (TPSA) is 0 Å². The van der Waals surface area contributed by atoms with Gasteiger partial charge >= 0.3 is 0 Å². The minimum Gasteiger partial charge on any atom is -0.157 e. The molecule has 0 atom stereocenters. The van der Waals surface area contributed by atoms with E-state index in [4.69, 9.17) is 7.85 Å². The molecule has 0 saturated heterocycles. The first-order valence-electron chi connectivity index (χ1n) is 4.23. The van der Waals surface area contributed by atoms with Gasteiger partial charge in [0.2, 0.25) is 0 Å². The van der Waals surface area contributed by atoms with Gasteiger partial charge in [-0.3, -0.25) is 0 Å². The van der Waals surface area contributed by atoms with Gasteiger partial charge in [-0.05, 0) is 16.4 Å². The summed E-state index contributed by atoms with van der Waals surface area (Å²) in [5.41, 5.74) is 1.34. The van der Waals surface area contributed by atoms with Gasteiger partial charge in [0.1, 0.15) is 7.85 Å². The molecule has 2 heteroatoms. The van der Waals surface area contributed by atoms with Crippen LogP contribution in [0.5, 0.6) is 0 Å². The standard InChI is InChI=1S/C11H9BS/c12-11-7-6-10(13-11)8-9-4-2-1-3-5-9/h1-7H,8H2. The molecule has 2 aromatic rings. The Kier molecular flexibility index (Phi) is 2.50. The predicted molar refractivity (Wildman–Crippen MR) is 59.0 cm³/mol. The fourth-order valence-electron chi connectivity index (χ4n) is 1.29. The Labute approximate surface area is 83.6 Å². The maximum atomic E-state index is 5.65. The van der Waals surface area contributed by atoms with Crippen molar-refractivity contribution in [1.29, 1.82) is 0 Å². The number of rotatable bonds is 2. The molecule has 0 aliphatic heterocycles. The van der Waals surface area contributed by atoms with Crippen molar-refractivity contribution in [3.05, 3.63) is 52.9 Å². The summed E-state index contributed by atoms with van der Waals surface area (Å²) in [4.78, 5) is 1.32. The molecular formula is C11H9BS. The van der Waals surface area contributed by atoms with Crippen molar-refractivity contribution >= 4 is 24.0 Å². The van der Waals surface area contributed by atoms with E-state index in [0.29, 0.717) is 0 Å². The van der Waals surface area contributed by atoms with Crippen LogP contribution in [0.3, 0.4) is 0 Å². The van der Waals surface area contributed by atoms with Crippen molar-refractivity contribution in [3.8, 4) is 0 Å². The maximum Gasteiger partial charge on any atom is 0.128 e. The zero-order chi connectivity index (χ0) is 9.10. The zero-order valence-electron chi connectivity index (χ0n) is 7.23. The van der Waals surface area contributed by atoms with Gasteiger partial charge in [-0.2, -0.15) is 11.3 Å². The largest absolute Gasteiger partial charge is 0.157 e. The van der Waals surface area contributed by atoms with Gasteiger partial charge < -0.3 is 0 Å². The Balaban J connectivity index is 2.15. The molecule has 1 aromatic carbocycles. The van der Waals surface area contributed by atoms with E-state index in [1.54, 1.807) is 11.3 Å². The molecule has 0 nitrogen and oxygen atoms in total. The highest BCUT2D eigenvalue weighted by atomic mass is 32.1. The van der Waals surface area contributed by atoms with E-state index >= 15 is 0 Å². The van der Waals surface area contributed by atoms with E-state index < -0.39 is 0 Å². The molecule has 0 bridgehead atoms. The van der Waals surface area contributed by atoms with Crippen molar-refractivity contribution in [2.24, 2.45) is 0 Å². The molecule has 0 N–H and O–H groups in total. The third-order valence-electron chi connectivity index (χ3n) is 1.90. The lowest BCUT2D eigenvalue weighted by Gasteiger charge is -1.96. The first kappa shape index (κ1) is 8.58. The first-order valence-corrected chi connectivity index (χ1v) is 5.04. The Morgan fingerprint density at radius 1 is 1.00 bits per heavy atom. The molecule has 0 aliphatic rings. The van der Waals surface area contributed by atoms with Crippen LogP contribution < -0.4 is 4.78 Å². The third kappa shape index (κ3) is 2.22. The Morgan fingerprint density at radius 2 is 1.77 bits per heavy atom. The quantitative estimate of drug-likeness (QED) is 0.627. The van der Waals surface area contributed by atoms with Crippen molar-refractivity contribution in [2.45, 2.75) is 6.42 Å². The van der Waals surface area contributed by atoms with Crippen LogP contribution in [0.1, 0.15) is 10.4 Å². The van der Waals surface area contributed by atoms with E-state index in [9.17, 15) is 0 Å². The highest BCUT2D eigenvalue weighted by Crippen LogP contribution is 2.12. The van der Waals surface area contributed by atoms with Crippen LogP contribution in [-0.2, 0) is 6.42 Å². The molecule has 2 radical (unpaired) electrons. The zero-order valence-corrected chi connectivity index (χ0v) is 8.05. The lowest BCUT2D eigenvalue weighted by atomic mass is 10.1. The monoisotopic (exact) mass is 184 g/mol. The van der Waals surface area contributed by atoms with E-state index in [2.05, 4.69) is 30.3 Å². The highest BCUT2D eigenvalue weighted by molar-refractivity contribution is 7.20. The van der Waals surface area contributed by atoms with Gasteiger partial charge in [-0.25, -0.2) is 0 Å². The van der Waals surface area contributed by atoms with Gasteiger partial charge in [-0.15, -0.1) is 0 Å². The van der Waals surface area contributed by atoms with Crippen molar-refractivity contribution in [2.75, 3.05) is 0 Å². The van der Waals surface area contributed by atoms with Gasteiger partial charge in [0.05, 0.1) is 0 Å². The van der Waals surface area contributed by atoms with Gasteiger partial charge in [-0.1, -0.05) is 36.4 Å². The molecule has 62 valence electrons. The minimum absolute atomic E-state index is 0.894. The summed E-state index contributed by atoms with van der Waals surface area (Å²) in [6.45, 7) is 0. The van der Waals surface area contributed by atoms with Crippen LogP contribution in [0.15, 0.2) is 42.5 Å². The molecule has 1 heterocycles. The second kappa shape index (κ2) is 3.80. The van der Waals surface area contributed by atoms with Gasteiger partial charge in [0, 0.05) is 11.3 Å². The normalized spacial score (nSPS) is 10.2. The third-order valence-corrected chi connectivity index (χ3v) is 2.82. The van der Waals surface area contributed by atoms with Crippen LogP contribution in [-0.4, -0.2) is 7.85 Å². The number of hydrogen-bond acceptors (Lipinski definition) is 1. The van der Waals surface area contributed by atoms with E-state index in [1.807, 2.05) is 12.1 Å². The molecule has 0 amide bonds. The van der Waals surface area contributed by atoms with Crippen molar-refractivity contribution in [1.82, 2.24) is 0 Å².